The van der Waals surface area contributed by atoms with Crippen LogP contribution >= 0.6 is 0 Å². The van der Waals surface area contributed by atoms with Gasteiger partial charge in [-0.3, -0.25) is 4.90 Å². The van der Waals surface area contributed by atoms with Crippen LogP contribution in [-0.4, -0.2) is 49.4 Å². The zero-order valence-corrected chi connectivity index (χ0v) is 19.6. The van der Waals surface area contributed by atoms with E-state index < -0.39 is 0 Å². The predicted octanol–water partition coefficient (Wildman–Crippen LogP) is 5.87. The standard InChI is InChI=1S/C18H25N3O2.3C2H6/c1-2-6-18(7-3-1)21-12-10-20(11-13-21)9-4-5-14-22-16-17-8-15-23-19-17;3*1-2/h1-3,6-8,15H,4-5,9-14,16H2;3*1-2H3. The van der Waals surface area contributed by atoms with Gasteiger partial charge in [-0.25, -0.2) is 0 Å². The first kappa shape index (κ1) is 27.1. The second-order valence-electron chi connectivity index (χ2n) is 5.91. The van der Waals surface area contributed by atoms with Crippen molar-refractivity contribution in [2.45, 2.75) is 61.0 Å². The van der Waals surface area contributed by atoms with Crippen LogP contribution in [0.4, 0.5) is 5.69 Å². The maximum atomic E-state index is 5.59. The zero-order chi connectivity index (χ0) is 21.7. The van der Waals surface area contributed by atoms with Gasteiger partial charge in [0.15, 0.2) is 0 Å². The summed E-state index contributed by atoms with van der Waals surface area (Å²) in [7, 11) is 0. The Kier molecular flexibility index (Phi) is 18.2. The lowest BCUT2D eigenvalue weighted by atomic mass is 10.2. The summed E-state index contributed by atoms with van der Waals surface area (Å²) < 4.78 is 10.4. The van der Waals surface area contributed by atoms with Gasteiger partial charge in [0.1, 0.15) is 12.0 Å². The van der Waals surface area contributed by atoms with Gasteiger partial charge in [-0.1, -0.05) is 64.9 Å². The van der Waals surface area contributed by atoms with E-state index in [9.17, 15) is 0 Å². The summed E-state index contributed by atoms with van der Waals surface area (Å²) in [5, 5.41) is 3.83. The number of para-hydroxylation sites is 1. The van der Waals surface area contributed by atoms with E-state index in [4.69, 9.17) is 9.26 Å². The summed E-state index contributed by atoms with van der Waals surface area (Å²) in [5.74, 6) is 0. The lowest BCUT2D eigenvalue weighted by Crippen LogP contribution is -2.46. The van der Waals surface area contributed by atoms with E-state index in [2.05, 4.69) is 45.3 Å². The smallest absolute Gasteiger partial charge is 0.124 e. The number of hydrogen-bond acceptors (Lipinski definition) is 5. The van der Waals surface area contributed by atoms with E-state index in [1.165, 1.54) is 12.1 Å². The Morgan fingerprint density at radius 3 is 2.10 bits per heavy atom. The number of nitrogens with zero attached hydrogens (tertiary/aromatic N) is 3. The Balaban J connectivity index is 0.00000120. The van der Waals surface area contributed by atoms with Crippen LogP contribution in [0.25, 0.3) is 0 Å². The highest BCUT2D eigenvalue weighted by molar-refractivity contribution is 5.46. The molecular weight excluding hydrogens is 362 g/mol. The van der Waals surface area contributed by atoms with Crippen molar-refractivity contribution >= 4 is 5.69 Å². The van der Waals surface area contributed by atoms with Crippen LogP contribution in [0.3, 0.4) is 0 Å². The molecule has 0 N–H and O–H groups in total. The van der Waals surface area contributed by atoms with Crippen LogP contribution in [-0.2, 0) is 11.3 Å². The van der Waals surface area contributed by atoms with Crippen LogP contribution < -0.4 is 4.90 Å². The third-order valence-electron chi connectivity index (χ3n) is 4.25. The molecular formula is C24H43N3O2. The number of unbranched alkanes of at least 4 members (excludes halogenated alkanes) is 1. The molecule has 0 amide bonds. The highest BCUT2D eigenvalue weighted by Crippen LogP contribution is 2.15. The molecule has 5 nitrogen and oxygen atoms in total. The van der Waals surface area contributed by atoms with Gasteiger partial charge in [0, 0.05) is 44.5 Å². The number of anilines is 1. The summed E-state index contributed by atoms with van der Waals surface area (Å²) in [5.41, 5.74) is 2.20. The number of rotatable bonds is 8. The van der Waals surface area contributed by atoms with Crippen molar-refractivity contribution in [1.29, 1.82) is 0 Å². The van der Waals surface area contributed by atoms with E-state index in [-0.39, 0.29) is 0 Å². The predicted molar refractivity (Wildman–Crippen MR) is 125 cm³/mol. The Labute approximate surface area is 179 Å². The SMILES string of the molecule is CC.CC.CC.c1ccc(N2CCN(CCCCOCc3ccon3)CC2)cc1. The Bertz CT molecular complexity index is 539. The average molecular weight is 406 g/mol. The molecule has 0 unspecified atom stereocenters. The van der Waals surface area contributed by atoms with E-state index in [1.54, 1.807) is 6.26 Å². The maximum absolute atomic E-state index is 5.59. The zero-order valence-electron chi connectivity index (χ0n) is 19.6. The van der Waals surface area contributed by atoms with Gasteiger partial charge in [-0.2, -0.15) is 0 Å². The lowest BCUT2D eigenvalue weighted by Gasteiger charge is -2.36. The van der Waals surface area contributed by atoms with Crippen LogP contribution in [0.15, 0.2) is 47.2 Å². The van der Waals surface area contributed by atoms with Crippen molar-refractivity contribution in [1.82, 2.24) is 10.1 Å². The highest BCUT2D eigenvalue weighted by atomic mass is 16.5. The second-order valence-corrected chi connectivity index (χ2v) is 5.91. The molecule has 1 aliphatic heterocycles. The van der Waals surface area contributed by atoms with Crippen molar-refractivity contribution in [3.63, 3.8) is 0 Å². The van der Waals surface area contributed by atoms with Crippen molar-refractivity contribution in [2.75, 3.05) is 44.2 Å². The summed E-state index contributed by atoms with van der Waals surface area (Å²) in [4.78, 5) is 5.02. The third-order valence-corrected chi connectivity index (χ3v) is 4.25. The van der Waals surface area contributed by atoms with E-state index in [0.29, 0.717) is 6.61 Å². The van der Waals surface area contributed by atoms with Crippen LogP contribution in [0.5, 0.6) is 0 Å². The largest absolute Gasteiger partial charge is 0.375 e. The van der Waals surface area contributed by atoms with Crippen molar-refractivity contribution < 1.29 is 9.26 Å². The fourth-order valence-electron chi connectivity index (χ4n) is 2.90. The van der Waals surface area contributed by atoms with Gasteiger partial charge in [0.05, 0.1) is 6.61 Å². The number of piperazine rings is 1. The van der Waals surface area contributed by atoms with E-state index in [0.717, 1.165) is 51.4 Å². The molecule has 0 atom stereocenters. The van der Waals surface area contributed by atoms with Crippen molar-refractivity contribution in [3.05, 3.63) is 48.4 Å². The first-order chi connectivity index (χ1) is 14.4. The second kappa shape index (κ2) is 19.5. The average Bonchev–Trinajstić information content (AvgIpc) is 3.35. The molecule has 0 aliphatic carbocycles. The van der Waals surface area contributed by atoms with Crippen LogP contribution in [0.1, 0.15) is 60.1 Å². The molecule has 1 aromatic carbocycles. The molecule has 0 bridgehead atoms. The Morgan fingerprint density at radius 1 is 0.862 bits per heavy atom. The molecule has 1 aromatic heterocycles. The number of hydrogen-bond donors (Lipinski definition) is 0. The summed E-state index contributed by atoms with van der Waals surface area (Å²) >= 11 is 0. The number of aromatic nitrogens is 1. The van der Waals surface area contributed by atoms with E-state index >= 15 is 0 Å². The van der Waals surface area contributed by atoms with Gasteiger partial charge < -0.3 is 14.2 Å². The molecule has 3 rings (SSSR count). The maximum Gasteiger partial charge on any atom is 0.124 e. The molecule has 0 spiro atoms. The van der Waals surface area contributed by atoms with Gasteiger partial charge >= 0.3 is 0 Å². The Morgan fingerprint density at radius 2 is 1.52 bits per heavy atom. The quantitative estimate of drug-likeness (QED) is 0.514. The lowest BCUT2D eigenvalue weighted by molar-refractivity contribution is 0.109. The van der Waals surface area contributed by atoms with Gasteiger partial charge in [0.25, 0.3) is 0 Å². The fourth-order valence-corrected chi connectivity index (χ4v) is 2.90. The first-order valence-corrected chi connectivity index (χ1v) is 11.4. The van der Waals surface area contributed by atoms with Crippen LogP contribution in [0.2, 0.25) is 0 Å². The molecule has 5 heteroatoms. The molecule has 1 aliphatic rings. The van der Waals surface area contributed by atoms with Crippen molar-refractivity contribution in [3.8, 4) is 0 Å². The summed E-state index contributed by atoms with van der Waals surface area (Å²) in [6.45, 7) is 19.0. The molecule has 0 saturated carbocycles. The summed E-state index contributed by atoms with van der Waals surface area (Å²) in [6.07, 6.45) is 3.86. The van der Waals surface area contributed by atoms with Crippen LogP contribution in [0, 0.1) is 0 Å². The minimum absolute atomic E-state index is 0.548. The first-order valence-electron chi connectivity index (χ1n) is 11.4. The molecule has 166 valence electrons. The number of ether oxygens (including phenoxy) is 1. The monoisotopic (exact) mass is 405 g/mol. The van der Waals surface area contributed by atoms with Gasteiger partial charge in [0.2, 0.25) is 0 Å². The minimum Gasteiger partial charge on any atom is -0.375 e. The molecule has 0 radical (unpaired) electrons. The molecule has 29 heavy (non-hydrogen) atoms. The normalized spacial score (nSPS) is 13.2. The molecule has 2 aromatic rings. The minimum atomic E-state index is 0.548. The topological polar surface area (TPSA) is 41.7 Å². The molecule has 2 heterocycles. The van der Waals surface area contributed by atoms with Crippen molar-refractivity contribution in [2.24, 2.45) is 0 Å². The van der Waals surface area contributed by atoms with E-state index in [1.807, 2.05) is 47.6 Å². The number of benzene rings is 1. The highest BCUT2D eigenvalue weighted by Gasteiger charge is 2.16. The summed E-state index contributed by atoms with van der Waals surface area (Å²) in [6, 6.07) is 12.5. The third kappa shape index (κ3) is 11.7. The molecule has 1 saturated heterocycles. The molecule has 1 fully saturated rings. The van der Waals surface area contributed by atoms with Gasteiger partial charge in [-0.05, 0) is 31.5 Å². The van der Waals surface area contributed by atoms with Gasteiger partial charge in [-0.15, -0.1) is 0 Å². The fraction of sp³-hybridized carbons (Fsp3) is 0.625. The Hall–Kier alpha value is -1.85.